The third kappa shape index (κ3) is 9.63. The van der Waals surface area contributed by atoms with E-state index >= 15 is 0 Å². The smallest absolute Gasteiger partial charge is 0.309 e. The van der Waals surface area contributed by atoms with Gasteiger partial charge in [-0.25, -0.2) is 0 Å². The van der Waals surface area contributed by atoms with Crippen LogP contribution < -0.4 is 10.2 Å². The number of hydroxylamine groups is 1. The van der Waals surface area contributed by atoms with Crippen LogP contribution in [-0.2, 0) is 37.1 Å². The lowest BCUT2D eigenvalue weighted by atomic mass is 10.00. The molecule has 0 bridgehead atoms. The summed E-state index contributed by atoms with van der Waals surface area (Å²) in [5.41, 5.74) is 4.85. The number of benzene rings is 2. The van der Waals surface area contributed by atoms with Gasteiger partial charge in [-0.1, -0.05) is 42.5 Å². The third-order valence-electron chi connectivity index (χ3n) is 4.67. The van der Waals surface area contributed by atoms with Crippen LogP contribution in [0.4, 0.5) is 0 Å². The first kappa shape index (κ1) is 24.4. The van der Waals surface area contributed by atoms with E-state index < -0.39 is 5.92 Å². The van der Waals surface area contributed by atoms with E-state index in [0.717, 1.165) is 16.9 Å². The minimum absolute atomic E-state index is 0.148. The molecule has 0 saturated heterocycles. The van der Waals surface area contributed by atoms with Gasteiger partial charge in [0.05, 0.1) is 26.2 Å². The van der Waals surface area contributed by atoms with E-state index in [0.29, 0.717) is 32.6 Å². The number of rotatable bonds is 14. The van der Waals surface area contributed by atoms with Gasteiger partial charge in [0.15, 0.2) is 0 Å². The van der Waals surface area contributed by atoms with Gasteiger partial charge in [0.25, 0.3) is 0 Å². The van der Waals surface area contributed by atoms with Crippen molar-refractivity contribution in [1.82, 2.24) is 5.48 Å². The largest absolute Gasteiger partial charge is 0.497 e. The lowest BCUT2D eigenvalue weighted by Gasteiger charge is -2.15. The van der Waals surface area contributed by atoms with Crippen molar-refractivity contribution in [2.75, 3.05) is 20.3 Å². The average molecular weight is 430 g/mol. The highest BCUT2D eigenvalue weighted by Gasteiger charge is 2.21. The molecule has 0 fully saturated rings. The summed E-state index contributed by atoms with van der Waals surface area (Å²) in [6, 6.07) is 17.1. The first-order chi connectivity index (χ1) is 15.1. The van der Waals surface area contributed by atoms with Crippen molar-refractivity contribution in [1.29, 1.82) is 0 Å². The Balaban J connectivity index is 1.69. The molecule has 0 saturated carbocycles. The maximum Gasteiger partial charge on any atom is 0.309 e. The Bertz CT molecular complexity index is 778. The van der Waals surface area contributed by atoms with E-state index in [9.17, 15) is 9.59 Å². The molecule has 2 aromatic rings. The number of methoxy groups -OCH3 is 1. The fraction of sp³-hybridized carbons (Fsp3) is 0.417. The van der Waals surface area contributed by atoms with Gasteiger partial charge in [-0.15, -0.1) is 0 Å². The van der Waals surface area contributed by atoms with Crippen LogP contribution in [0.3, 0.4) is 0 Å². The molecule has 1 atom stereocenters. The Hall–Kier alpha value is -2.90. The fourth-order valence-electron chi connectivity index (χ4n) is 2.89. The number of hydrogen-bond acceptors (Lipinski definition) is 7. The van der Waals surface area contributed by atoms with Crippen LogP contribution in [0.5, 0.6) is 5.75 Å². The van der Waals surface area contributed by atoms with Crippen molar-refractivity contribution in [3.05, 3.63) is 65.7 Å². The molecule has 31 heavy (non-hydrogen) atoms. The summed E-state index contributed by atoms with van der Waals surface area (Å²) in [6.45, 7) is 3.13. The molecule has 1 N–H and O–H groups in total. The fourth-order valence-corrected chi connectivity index (χ4v) is 2.89. The van der Waals surface area contributed by atoms with Crippen molar-refractivity contribution in [3.63, 3.8) is 0 Å². The number of ether oxygens (including phenoxy) is 3. The first-order valence-corrected chi connectivity index (χ1v) is 10.5. The molecule has 1 unspecified atom stereocenters. The average Bonchev–Trinajstić information content (AvgIpc) is 2.80. The molecule has 0 amide bonds. The predicted octanol–water partition coefficient (Wildman–Crippen LogP) is 3.81. The van der Waals surface area contributed by atoms with Crippen LogP contribution in [0.15, 0.2) is 54.6 Å². The van der Waals surface area contributed by atoms with E-state index in [4.69, 9.17) is 19.0 Å². The Morgan fingerprint density at radius 1 is 0.935 bits per heavy atom. The quantitative estimate of drug-likeness (QED) is 0.278. The van der Waals surface area contributed by atoms with E-state index in [1.807, 2.05) is 54.6 Å². The van der Waals surface area contributed by atoms with Crippen LogP contribution in [0, 0.1) is 5.92 Å². The van der Waals surface area contributed by atoms with Crippen molar-refractivity contribution in [2.24, 2.45) is 5.92 Å². The van der Waals surface area contributed by atoms with Crippen LogP contribution in [0.25, 0.3) is 0 Å². The minimum atomic E-state index is -0.424. The van der Waals surface area contributed by atoms with E-state index in [2.05, 4.69) is 5.48 Å². The maximum absolute atomic E-state index is 12.2. The molecule has 0 aliphatic rings. The molecule has 0 aliphatic carbocycles. The summed E-state index contributed by atoms with van der Waals surface area (Å²) in [6.07, 6.45) is 0.949. The van der Waals surface area contributed by atoms with Crippen molar-refractivity contribution >= 4 is 11.9 Å². The lowest BCUT2D eigenvalue weighted by molar-refractivity contribution is -0.150. The van der Waals surface area contributed by atoms with Crippen molar-refractivity contribution < 1.29 is 28.6 Å². The molecule has 0 heterocycles. The Labute approximate surface area is 183 Å². The van der Waals surface area contributed by atoms with Gasteiger partial charge in [-0.3, -0.25) is 9.59 Å². The van der Waals surface area contributed by atoms with Crippen molar-refractivity contribution in [3.8, 4) is 5.75 Å². The number of esters is 2. The summed E-state index contributed by atoms with van der Waals surface area (Å²) in [5, 5.41) is 0. The topological polar surface area (TPSA) is 83.1 Å². The van der Waals surface area contributed by atoms with Crippen LogP contribution in [0.2, 0.25) is 0 Å². The van der Waals surface area contributed by atoms with Gasteiger partial charge in [-0.2, -0.15) is 5.48 Å². The van der Waals surface area contributed by atoms with Crippen LogP contribution >= 0.6 is 0 Å². The Kier molecular flexibility index (Phi) is 11.1. The zero-order valence-electron chi connectivity index (χ0n) is 18.2. The highest BCUT2D eigenvalue weighted by Crippen LogP contribution is 2.15. The van der Waals surface area contributed by atoms with Gasteiger partial charge >= 0.3 is 11.9 Å². The first-order valence-electron chi connectivity index (χ1n) is 10.5. The van der Waals surface area contributed by atoms with Crippen molar-refractivity contribution in [2.45, 2.75) is 39.3 Å². The van der Waals surface area contributed by atoms with E-state index in [1.165, 1.54) is 0 Å². The molecule has 2 rings (SSSR count). The number of hydrogen-bond donors (Lipinski definition) is 1. The summed E-state index contributed by atoms with van der Waals surface area (Å²) in [5.74, 6) is -0.287. The standard InChI is InChI=1S/C24H31NO6/c1-3-29-24(27)21(11-14-23(26)30-18-20-7-5-4-6-8-20)15-16-31-25-17-19-9-12-22(28-2)13-10-19/h4-10,12-13,21,25H,3,11,14-18H2,1-2H3. The normalized spacial score (nSPS) is 11.5. The number of carbonyl (C=O) groups excluding carboxylic acids is 2. The van der Waals surface area contributed by atoms with Gasteiger partial charge in [0.1, 0.15) is 12.4 Å². The zero-order chi connectivity index (χ0) is 22.3. The number of nitrogens with one attached hydrogen (secondary N) is 1. The summed E-state index contributed by atoms with van der Waals surface area (Å²) >= 11 is 0. The van der Waals surface area contributed by atoms with Gasteiger partial charge in [0.2, 0.25) is 0 Å². The monoisotopic (exact) mass is 429 g/mol. The molecular weight excluding hydrogens is 398 g/mol. The predicted molar refractivity (Wildman–Crippen MR) is 116 cm³/mol. The summed E-state index contributed by atoms with van der Waals surface area (Å²) in [7, 11) is 1.62. The second kappa shape index (κ2) is 14.2. The second-order valence-electron chi connectivity index (χ2n) is 6.94. The van der Waals surface area contributed by atoms with Crippen LogP contribution in [-0.4, -0.2) is 32.3 Å². The molecule has 0 aliphatic heterocycles. The number of carbonyl (C=O) groups is 2. The lowest BCUT2D eigenvalue weighted by Crippen LogP contribution is -2.23. The minimum Gasteiger partial charge on any atom is -0.497 e. The molecule has 0 radical (unpaired) electrons. The molecule has 7 nitrogen and oxygen atoms in total. The van der Waals surface area contributed by atoms with E-state index in [-0.39, 0.29) is 25.0 Å². The van der Waals surface area contributed by atoms with E-state index in [1.54, 1.807) is 14.0 Å². The zero-order valence-corrected chi connectivity index (χ0v) is 18.2. The highest BCUT2D eigenvalue weighted by molar-refractivity contribution is 5.74. The second-order valence-corrected chi connectivity index (χ2v) is 6.94. The Morgan fingerprint density at radius 3 is 2.35 bits per heavy atom. The molecule has 2 aromatic carbocycles. The SMILES string of the molecule is CCOC(=O)C(CCONCc1ccc(OC)cc1)CCC(=O)OCc1ccccc1. The van der Waals surface area contributed by atoms with Gasteiger partial charge in [0, 0.05) is 13.0 Å². The molecule has 0 spiro atoms. The molecule has 168 valence electrons. The summed E-state index contributed by atoms with van der Waals surface area (Å²) < 4.78 is 15.5. The highest BCUT2D eigenvalue weighted by atomic mass is 16.6. The molecular formula is C24H31NO6. The van der Waals surface area contributed by atoms with Gasteiger partial charge in [-0.05, 0) is 43.0 Å². The summed E-state index contributed by atoms with van der Waals surface area (Å²) in [4.78, 5) is 29.7. The van der Waals surface area contributed by atoms with Crippen LogP contribution in [0.1, 0.15) is 37.3 Å². The van der Waals surface area contributed by atoms with Gasteiger partial charge < -0.3 is 19.0 Å². The maximum atomic E-state index is 12.2. The third-order valence-corrected chi connectivity index (χ3v) is 4.67. The molecule has 7 heteroatoms. The molecule has 0 aromatic heterocycles. The Morgan fingerprint density at radius 2 is 1.68 bits per heavy atom.